The highest BCUT2D eigenvalue weighted by molar-refractivity contribution is 6.30. The molecule has 1 aliphatic rings. The van der Waals surface area contributed by atoms with E-state index >= 15 is 0 Å². The molecule has 2 nitrogen and oxygen atoms in total. The average molecular weight is 313 g/mol. The van der Waals surface area contributed by atoms with Crippen molar-refractivity contribution in [2.45, 2.75) is 46.3 Å². The third-order valence-corrected chi connectivity index (χ3v) is 4.68. The molecular weight excluding hydrogens is 287 g/mol. The number of hydrogen-bond acceptors (Lipinski definition) is 2. The first kappa shape index (κ1) is 16.7. The normalized spacial score (nSPS) is 24.0. The molecule has 118 valence electrons. The summed E-state index contributed by atoms with van der Waals surface area (Å²) in [6.07, 6.45) is 0. The minimum atomic E-state index is -0.165. The maximum absolute atomic E-state index is 14.0. The number of piperazine rings is 1. The lowest BCUT2D eigenvalue weighted by molar-refractivity contribution is 0.0774. The molecule has 2 unspecified atom stereocenters. The number of rotatable bonds is 4. The Bertz CT molecular complexity index is 476. The Kier molecular flexibility index (Phi) is 5.64. The molecule has 0 spiro atoms. The van der Waals surface area contributed by atoms with Crippen LogP contribution in [0.4, 0.5) is 4.39 Å². The van der Waals surface area contributed by atoms with Gasteiger partial charge in [0, 0.05) is 42.3 Å². The van der Waals surface area contributed by atoms with Crippen LogP contribution < -0.4 is 5.32 Å². The summed E-state index contributed by atoms with van der Waals surface area (Å²) < 4.78 is 14.0. The molecule has 21 heavy (non-hydrogen) atoms. The number of benzene rings is 1. The Balaban J connectivity index is 2.17. The van der Waals surface area contributed by atoms with Gasteiger partial charge in [0.2, 0.25) is 0 Å². The topological polar surface area (TPSA) is 15.3 Å². The smallest absolute Gasteiger partial charge is 0.127 e. The van der Waals surface area contributed by atoms with Gasteiger partial charge >= 0.3 is 0 Å². The van der Waals surface area contributed by atoms with Crippen LogP contribution in [0.2, 0.25) is 5.02 Å². The summed E-state index contributed by atoms with van der Waals surface area (Å²) in [4.78, 5) is 2.40. The van der Waals surface area contributed by atoms with E-state index in [1.807, 2.05) is 0 Å². The van der Waals surface area contributed by atoms with Crippen LogP contribution in [0.15, 0.2) is 18.2 Å². The number of halogens is 2. The van der Waals surface area contributed by atoms with E-state index in [9.17, 15) is 4.39 Å². The maximum atomic E-state index is 14.0. The molecule has 0 bridgehead atoms. The second kappa shape index (κ2) is 7.08. The predicted octanol–water partition coefficient (Wildman–Crippen LogP) is 3.93. The Morgan fingerprint density at radius 1 is 1.29 bits per heavy atom. The van der Waals surface area contributed by atoms with Gasteiger partial charge in [-0.2, -0.15) is 0 Å². The van der Waals surface area contributed by atoms with Crippen molar-refractivity contribution in [1.29, 1.82) is 0 Å². The van der Waals surface area contributed by atoms with Crippen molar-refractivity contribution < 1.29 is 4.39 Å². The van der Waals surface area contributed by atoms with E-state index in [4.69, 9.17) is 11.6 Å². The number of nitrogens with zero attached hydrogens (tertiary/aromatic N) is 1. The predicted molar refractivity (Wildman–Crippen MR) is 87.1 cm³/mol. The molecule has 1 aliphatic heterocycles. The van der Waals surface area contributed by atoms with Gasteiger partial charge < -0.3 is 5.32 Å². The fraction of sp³-hybridized carbons (Fsp3) is 0.647. The second-order valence-corrected chi connectivity index (χ2v) is 7.17. The molecular formula is C17H26ClFN2. The summed E-state index contributed by atoms with van der Waals surface area (Å²) in [5.74, 6) is 0.944. The van der Waals surface area contributed by atoms with E-state index < -0.39 is 0 Å². The molecule has 0 saturated carbocycles. The molecule has 0 amide bonds. The Hall–Kier alpha value is -0.640. The highest BCUT2D eigenvalue weighted by atomic mass is 35.5. The molecule has 2 atom stereocenters. The van der Waals surface area contributed by atoms with Gasteiger partial charge in [-0.05, 0) is 30.0 Å². The van der Waals surface area contributed by atoms with Crippen LogP contribution in [0.25, 0.3) is 0 Å². The molecule has 1 N–H and O–H groups in total. The van der Waals surface area contributed by atoms with Crippen LogP contribution in [-0.4, -0.2) is 30.1 Å². The highest BCUT2D eigenvalue weighted by Crippen LogP contribution is 2.23. The van der Waals surface area contributed by atoms with Crippen molar-refractivity contribution in [3.8, 4) is 0 Å². The third kappa shape index (κ3) is 4.18. The van der Waals surface area contributed by atoms with E-state index in [0.717, 1.165) is 13.1 Å². The van der Waals surface area contributed by atoms with E-state index in [1.165, 1.54) is 6.07 Å². The standard InChI is InChI=1S/C17H26ClFN2/c1-11(2)16-10-21(17(8-20-16)12(3)4)9-13-7-14(18)5-6-15(13)19/h5-7,11-12,16-17,20H,8-10H2,1-4H3. The van der Waals surface area contributed by atoms with Gasteiger partial charge in [-0.3, -0.25) is 4.90 Å². The van der Waals surface area contributed by atoms with Crippen LogP contribution in [0, 0.1) is 17.7 Å². The van der Waals surface area contributed by atoms with Crippen LogP contribution in [-0.2, 0) is 6.54 Å². The van der Waals surface area contributed by atoms with Gasteiger partial charge in [-0.1, -0.05) is 39.3 Å². The van der Waals surface area contributed by atoms with Crippen molar-refractivity contribution >= 4 is 11.6 Å². The largest absolute Gasteiger partial charge is 0.311 e. The van der Waals surface area contributed by atoms with Crippen LogP contribution >= 0.6 is 11.6 Å². The Morgan fingerprint density at radius 2 is 2.00 bits per heavy atom. The molecule has 0 radical (unpaired) electrons. The molecule has 1 aromatic carbocycles. The Morgan fingerprint density at radius 3 is 2.62 bits per heavy atom. The quantitative estimate of drug-likeness (QED) is 0.906. The summed E-state index contributed by atoms with van der Waals surface area (Å²) in [6.45, 7) is 11.4. The van der Waals surface area contributed by atoms with Gasteiger partial charge in [-0.15, -0.1) is 0 Å². The molecule has 4 heteroatoms. The van der Waals surface area contributed by atoms with Gasteiger partial charge in [0.25, 0.3) is 0 Å². The van der Waals surface area contributed by atoms with Crippen molar-refractivity contribution in [3.63, 3.8) is 0 Å². The second-order valence-electron chi connectivity index (χ2n) is 6.74. The number of nitrogens with one attached hydrogen (secondary N) is 1. The first-order valence-corrected chi connectivity index (χ1v) is 8.17. The summed E-state index contributed by atoms with van der Waals surface area (Å²) in [7, 11) is 0. The van der Waals surface area contributed by atoms with Gasteiger partial charge in [-0.25, -0.2) is 4.39 Å². The first-order chi connectivity index (χ1) is 9.88. The summed E-state index contributed by atoms with van der Waals surface area (Å²) in [5.41, 5.74) is 0.692. The SMILES string of the molecule is CC(C)C1CN(Cc2cc(Cl)ccc2F)C(C(C)C)CN1. The number of hydrogen-bond donors (Lipinski definition) is 1. The monoisotopic (exact) mass is 312 g/mol. The fourth-order valence-corrected chi connectivity index (χ4v) is 3.22. The highest BCUT2D eigenvalue weighted by Gasteiger charge is 2.31. The first-order valence-electron chi connectivity index (χ1n) is 7.79. The van der Waals surface area contributed by atoms with Gasteiger partial charge in [0.1, 0.15) is 5.82 Å². The lowest BCUT2D eigenvalue weighted by Crippen LogP contribution is -2.59. The van der Waals surface area contributed by atoms with Crippen LogP contribution in [0.3, 0.4) is 0 Å². The van der Waals surface area contributed by atoms with Crippen LogP contribution in [0.5, 0.6) is 0 Å². The minimum absolute atomic E-state index is 0.165. The minimum Gasteiger partial charge on any atom is -0.311 e. The van der Waals surface area contributed by atoms with E-state index in [-0.39, 0.29) is 5.82 Å². The van der Waals surface area contributed by atoms with E-state index in [2.05, 4.69) is 37.9 Å². The lowest BCUT2D eigenvalue weighted by atomic mass is 9.93. The maximum Gasteiger partial charge on any atom is 0.127 e. The Labute approximate surface area is 132 Å². The lowest BCUT2D eigenvalue weighted by Gasteiger charge is -2.43. The molecule has 1 fully saturated rings. The molecule has 2 rings (SSSR count). The van der Waals surface area contributed by atoms with Crippen molar-refractivity contribution in [1.82, 2.24) is 10.2 Å². The third-order valence-electron chi connectivity index (χ3n) is 4.44. The summed E-state index contributed by atoms with van der Waals surface area (Å²) in [6, 6.07) is 5.71. The summed E-state index contributed by atoms with van der Waals surface area (Å²) >= 11 is 6.02. The van der Waals surface area contributed by atoms with Crippen LogP contribution in [0.1, 0.15) is 33.3 Å². The molecule has 1 heterocycles. The fourth-order valence-electron chi connectivity index (χ4n) is 3.02. The summed E-state index contributed by atoms with van der Waals surface area (Å²) in [5, 5.41) is 4.23. The van der Waals surface area contributed by atoms with Crippen molar-refractivity contribution in [2.75, 3.05) is 13.1 Å². The average Bonchev–Trinajstić information content (AvgIpc) is 2.42. The van der Waals surface area contributed by atoms with E-state index in [1.54, 1.807) is 12.1 Å². The molecule has 1 aromatic rings. The zero-order valence-corrected chi connectivity index (χ0v) is 14.1. The molecule has 0 aliphatic carbocycles. The molecule has 1 saturated heterocycles. The van der Waals surface area contributed by atoms with Crippen molar-refractivity contribution in [3.05, 3.63) is 34.6 Å². The molecule has 0 aromatic heterocycles. The zero-order chi connectivity index (χ0) is 15.6. The van der Waals surface area contributed by atoms with Gasteiger partial charge in [0.05, 0.1) is 0 Å². The zero-order valence-electron chi connectivity index (χ0n) is 13.4. The van der Waals surface area contributed by atoms with Gasteiger partial charge in [0.15, 0.2) is 0 Å². The van der Waals surface area contributed by atoms with E-state index in [0.29, 0.717) is 41.1 Å². The van der Waals surface area contributed by atoms with Crippen molar-refractivity contribution in [2.24, 2.45) is 11.8 Å².